The third-order valence-electron chi connectivity index (χ3n) is 2.06. The van der Waals surface area contributed by atoms with E-state index in [1.807, 2.05) is 6.92 Å². The van der Waals surface area contributed by atoms with Crippen LogP contribution in [0.25, 0.3) is 0 Å². The van der Waals surface area contributed by atoms with E-state index in [4.69, 9.17) is 10.3 Å². The number of hydrogen-bond donors (Lipinski definition) is 1. The molecule has 2 N–H and O–H groups in total. The molecule has 0 unspecified atom stereocenters. The molecule has 0 spiro atoms. The Labute approximate surface area is 86.3 Å². The topological polar surface area (TPSA) is 95.7 Å². The average Bonchev–Trinajstić information content (AvgIpc) is 2.75. The van der Waals surface area contributed by atoms with Crippen LogP contribution in [0.1, 0.15) is 24.3 Å². The smallest absolute Gasteiger partial charge is 0.248 e. The number of nitrogens with zero attached hydrogens (tertiary/aromatic N) is 5. The molecule has 0 bridgehead atoms. The van der Waals surface area contributed by atoms with Gasteiger partial charge in [-0.15, -0.1) is 5.10 Å². The van der Waals surface area contributed by atoms with Crippen molar-refractivity contribution in [2.45, 2.75) is 26.8 Å². The van der Waals surface area contributed by atoms with Crippen molar-refractivity contribution in [3.05, 3.63) is 17.4 Å². The van der Waals surface area contributed by atoms with Gasteiger partial charge in [0.05, 0.1) is 5.69 Å². The molecular weight excluding hydrogens is 196 g/mol. The quantitative estimate of drug-likeness (QED) is 0.772. The molecule has 80 valence electrons. The highest BCUT2D eigenvalue weighted by molar-refractivity contribution is 5.32. The second-order valence-corrected chi connectivity index (χ2v) is 3.17. The number of aromatic nitrogens is 5. The van der Waals surface area contributed by atoms with E-state index in [0.717, 1.165) is 12.1 Å². The number of aryl methyl sites for hydroxylation is 1. The van der Waals surface area contributed by atoms with Gasteiger partial charge in [-0.25, -0.2) is 4.68 Å². The first kappa shape index (κ1) is 9.63. The van der Waals surface area contributed by atoms with Gasteiger partial charge in [0.25, 0.3) is 0 Å². The summed E-state index contributed by atoms with van der Waals surface area (Å²) in [5.74, 6) is 1.57. The van der Waals surface area contributed by atoms with E-state index in [0.29, 0.717) is 24.1 Å². The first-order valence-corrected chi connectivity index (χ1v) is 4.67. The lowest BCUT2D eigenvalue weighted by Crippen LogP contribution is -2.07. The molecule has 2 heterocycles. The Morgan fingerprint density at radius 1 is 1.47 bits per heavy atom. The van der Waals surface area contributed by atoms with Gasteiger partial charge in [0.15, 0.2) is 11.6 Å². The molecular formula is C8H12N6O. The van der Waals surface area contributed by atoms with Crippen molar-refractivity contribution in [1.29, 1.82) is 0 Å². The molecule has 7 nitrogen and oxygen atoms in total. The van der Waals surface area contributed by atoms with E-state index in [1.54, 1.807) is 11.6 Å². The summed E-state index contributed by atoms with van der Waals surface area (Å²) >= 11 is 0. The molecule has 0 fully saturated rings. The third-order valence-corrected chi connectivity index (χ3v) is 2.06. The van der Waals surface area contributed by atoms with Gasteiger partial charge < -0.3 is 10.3 Å². The minimum atomic E-state index is 0.411. The SMILES string of the molecule is CCc1c(N)nnn1Cc1nc(C)no1. The van der Waals surface area contributed by atoms with Crippen LogP contribution >= 0.6 is 0 Å². The van der Waals surface area contributed by atoms with E-state index in [9.17, 15) is 0 Å². The van der Waals surface area contributed by atoms with Gasteiger partial charge in [-0.2, -0.15) is 4.98 Å². The lowest BCUT2D eigenvalue weighted by Gasteiger charge is -2.00. The van der Waals surface area contributed by atoms with Crippen molar-refractivity contribution in [2.75, 3.05) is 5.73 Å². The predicted octanol–water partition coefficient (Wildman–Crippen LogP) is 0.162. The Hall–Kier alpha value is -1.92. The summed E-state index contributed by atoms with van der Waals surface area (Å²) in [6.07, 6.45) is 0.770. The minimum Gasteiger partial charge on any atom is -0.381 e. The second kappa shape index (κ2) is 3.68. The summed E-state index contributed by atoms with van der Waals surface area (Å²) in [4.78, 5) is 4.08. The van der Waals surface area contributed by atoms with Gasteiger partial charge in [0, 0.05) is 0 Å². The highest BCUT2D eigenvalue weighted by Crippen LogP contribution is 2.09. The van der Waals surface area contributed by atoms with Crippen molar-refractivity contribution in [1.82, 2.24) is 25.1 Å². The summed E-state index contributed by atoms with van der Waals surface area (Å²) < 4.78 is 6.66. The molecule has 0 aliphatic rings. The van der Waals surface area contributed by atoms with Crippen molar-refractivity contribution >= 4 is 5.82 Å². The van der Waals surface area contributed by atoms with E-state index in [2.05, 4.69) is 20.5 Å². The standard InChI is InChI=1S/C8H12N6O/c1-3-6-8(9)11-13-14(6)4-7-10-5(2)12-15-7/h3-4,9H2,1-2H3. The average molecular weight is 208 g/mol. The van der Waals surface area contributed by atoms with Gasteiger partial charge in [0.1, 0.15) is 6.54 Å². The van der Waals surface area contributed by atoms with Crippen molar-refractivity contribution < 1.29 is 4.52 Å². The largest absolute Gasteiger partial charge is 0.381 e. The van der Waals surface area contributed by atoms with E-state index in [1.165, 1.54) is 0 Å². The van der Waals surface area contributed by atoms with Gasteiger partial charge in [-0.05, 0) is 13.3 Å². The fraction of sp³-hybridized carbons (Fsp3) is 0.500. The number of hydrogen-bond acceptors (Lipinski definition) is 6. The molecule has 2 aromatic heterocycles. The molecule has 0 radical (unpaired) electrons. The number of nitrogens with two attached hydrogens (primary N) is 1. The zero-order valence-electron chi connectivity index (χ0n) is 8.64. The first-order valence-electron chi connectivity index (χ1n) is 4.67. The maximum Gasteiger partial charge on any atom is 0.248 e. The minimum absolute atomic E-state index is 0.411. The monoisotopic (exact) mass is 208 g/mol. The zero-order valence-corrected chi connectivity index (χ0v) is 8.64. The van der Waals surface area contributed by atoms with Crippen molar-refractivity contribution in [2.24, 2.45) is 0 Å². The van der Waals surface area contributed by atoms with E-state index >= 15 is 0 Å². The Bertz CT molecular complexity index is 459. The van der Waals surface area contributed by atoms with Crippen molar-refractivity contribution in [3.8, 4) is 0 Å². The van der Waals surface area contributed by atoms with Crippen LogP contribution in [0.5, 0.6) is 0 Å². The van der Waals surface area contributed by atoms with Crippen LogP contribution < -0.4 is 5.73 Å². The maximum absolute atomic E-state index is 5.65. The fourth-order valence-electron chi connectivity index (χ4n) is 1.37. The highest BCUT2D eigenvalue weighted by atomic mass is 16.5. The van der Waals surface area contributed by atoms with Gasteiger partial charge in [0.2, 0.25) is 5.89 Å². The molecule has 7 heteroatoms. The predicted molar refractivity (Wildman–Crippen MR) is 51.9 cm³/mol. The highest BCUT2D eigenvalue weighted by Gasteiger charge is 2.11. The molecule has 0 aromatic carbocycles. The van der Waals surface area contributed by atoms with Crippen LogP contribution in [0, 0.1) is 6.92 Å². The maximum atomic E-state index is 5.65. The fourth-order valence-corrected chi connectivity index (χ4v) is 1.37. The zero-order chi connectivity index (χ0) is 10.8. The van der Waals surface area contributed by atoms with Crippen LogP contribution in [-0.4, -0.2) is 25.1 Å². The third kappa shape index (κ3) is 1.80. The Morgan fingerprint density at radius 3 is 2.87 bits per heavy atom. The molecule has 0 aliphatic heterocycles. The summed E-state index contributed by atoms with van der Waals surface area (Å²) in [5.41, 5.74) is 6.53. The molecule has 0 saturated heterocycles. The van der Waals surface area contributed by atoms with Gasteiger partial charge >= 0.3 is 0 Å². The normalized spacial score (nSPS) is 10.8. The van der Waals surface area contributed by atoms with E-state index in [-0.39, 0.29) is 0 Å². The van der Waals surface area contributed by atoms with Crippen LogP contribution in [0.15, 0.2) is 4.52 Å². The number of anilines is 1. The van der Waals surface area contributed by atoms with Gasteiger partial charge in [-0.1, -0.05) is 17.3 Å². The van der Waals surface area contributed by atoms with Crippen LogP contribution in [0.2, 0.25) is 0 Å². The Kier molecular flexibility index (Phi) is 2.36. The van der Waals surface area contributed by atoms with E-state index < -0.39 is 0 Å². The number of rotatable bonds is 3. The van der Waals surface area contributed by atoms with Crippen molar-refractivity contribution in [3.63, 3.8) is 0 Å². The Morgan fingerprint density at radius 2 is 2.27 bits per heavy atom. The molecule has 0 aliphatic carbocycles. The molecule has 0 saturated carbocycles. The second-order valence-electron chi connectivity index (χ2n) is 3.17. The first-order chi connectivity index (χ1) is 7.20. The summed E-state index contributed by atoms with van der Waals surface area (Å²) in [5, 5.41) is 11.4. The lowest BCUT2D eigenvalue weighted by molar-refractivity contribution is 0.359. The lowest BCUT2D eigenvalue weighted by atomic mass is 10.3. The summed E-state index contributed by atoms with van der Waals surface area (Å²) in [7, 11) is 0. The number of nitrogen functional groups attached to an aromatic ring is 1. The van der Waals surface area contributed by atoms with Crippen LogP contribution in [-0.2, 0) is 13.0 Å². The molecule has 0 atom stereocenters. The molecule has 2 aromatic rings. The van der Waals surface area contributed by atoms with Crippen LogP contribution in [0.3, 0.4) is 0 Å². The molecule has 2 rings (SSSR count). The van der Waals surface area contributed by atoms with Gasteiger partial charge in [-0.3, -0.25) is 0 Å². The summed E-state index contributed by atoms with van der Waals surface area (Å²) in [6, 6.07) is 0. The molecule has 15 heavy (non-hydrogen) atoms. The molecule has 0 amide bonds. The summed E-state index contributed by atoms with van der Waals surface area (Å²) in [6.45, 7) is 4.17. The van der Waals surface area contributed by atoms with Crippen LogP contribution in [0.4, 0.5) is 5.82 Å². The Balaban J connectivity index is 2.24.